The summed E-state index contributed by atoms with van der Waals surface area (Å²) in [5.41, 5.74) is 0.805. The van der Waals surface area contributed by atoms with Crippen LogP contribution in [0.5, 0.6) is 5.75 Å². The fourth-order valence-corrected chi connectivity index (χ4v) is 4.06. The predicted octanol–water partition coefficient (Wildman–Crippen LogP) is 1.78. The third-order valence-electron chi connectivity index (χ3n) is 5.36. The summed E-state index contributed by atoms with van der Waals surface area (Å²) in [6.07, 6.45) is 4.24. The summed E-state index contributed by atoms with van der Waals surface area (Å²) in [4.78, 5) is 16.8. The minimum Gasteiger partial charge on any atom is -0.497 e. The maximum Gasteiger partial charge on any atom is 0.245 e. The minimum absolute atomic E-state index is 0.00513. The Bertz CT molecular complexity index is 681. The van der Waals surface area contributed by atoms with Crippen LogP contribution in [-0.2, 0) is 4.79 Å². The molecule has 1 unspecified atom stereocenters. The number of β-amino-alcohol motifs (C(OH)–C–C–N with tert-alkyl or cyclic N) is 1. The van der Waals surface area contributed by atoms with Crippen molar-refractivity contribution in [1.29, 1.82) is 0 Å². The number of rotatable bonds is 6. The van der Waals surface area contributed by atoms with Crippen molar-refractivity contribution >= 4 is 28.9 Å². The Morgan fingerprint density at radius 2 is 2.04 bits per heavy atom. The Labute approximate surface area is 172 Å². The molecule has 0 saturated carbocycles. The lowest BCUT2D eigenvalue weighted by Crippen LogP contribution is -2.52. The first-order chi connectivity index (χ1) is 13.6. The van der Waals surface area contributed by atoms with Gasteiger partial charge in [0.25, 0.3) is 0 Å². The zero-order valence-electron chi connectivity index (χ0n) is 16.4. The molecular formula is C20H30N4O3S. The number of aliphatic hydroxyl groups excluding tert-OH is 1. The number of carbonyl (C=O) groups is 1. The Morgan fingerprint density at radius 1 is 1.29 bits per heavy atom. The third-order valence-corrected chi connectivity index (χ3v) is 5.58. The fourth-order valence-electron chi connectivity index (χ4n) is 3.80. The van der Waals surface area contributed by atoms with Gasteiger partial charge in [-0.2, -0.15) is 0 Å². The number of nitrogens with one attached hydrogen (secondary N) is 2. The highest BCUT2D eigenvalue weighted by Crippen LogP contribution is 2.18. The Balaban J connectivity index is 1.57. The molecule has 1 amide bonds. The smallest absolute Gasteiger partial charge is 0.245 e. The molecule has 0 aromatic heterocycles. The molecule has 0 spiro atoms. The lowest BCUT2D eigenvalue weighted by atomic mass is 10.1. The third kappa shape index (κ3) is 5.56. The van der Waals surface area contributed by atoms with E-state index in [1.54, 1.807) is 12.0 Å². The molecule has 0 aliphatic carbocycles. The highest BCUT2D eigenvalue weighted by Gasteiger charge is 2.30. The van der Waals surface area contributed by atoms with Crippen LogP contribution < -0.4 is 15.4 Å². The van der Waals surface area contributed by atoms with Gasteiger partial charge in [-0.15, -0.1) is 0 Å². The van der Waals surface area contributed by atoms with E-state index in [-0.39, 0.29) is 11.9 Å². The molecule has 1 aromatic rings. The molecular weight excluding hydrogens is 376 g/mol. The number of thiocarbonyl (C=S) groups is 1. The summed E-state index contributed by atoms with van der Waals surface area (Å²) in [5.74, 6) is 0.742. The first-order valence-corrected chi connectivity index (χ1v) is 10.4. The first-order valence-electron chi connectivity index (χ1n) is 9.99. The van der Waals surface area contributed by atoms with Crippen molar-refractivity contribution in [3.05, 3.63) is 24.3 Å². The van der Waals surface area contributed by atoms with Gasteiger partial charge in [-0.25, -0.2) is 0 Å². The number of ether oxygens (including phenoxy) is 1. The number of methoxy groups -OCH3 is 1. The van der Waals surface area contributed by atoms with Crippen LogP contribution in [0.15, 0.2) is 24.3 Å². The van der Waals surface area contributed by atoms with Gasteiger partial charge in [0.05, 0.1) is 13.7 Å². The van der Waals surface area contributed by atoms with Crippen LogP contribution in [0.4, 0.5) is 5.69 Å². The van der Waals surface area contributed by atoms with E-state index in [9.17, 15) is 9.90 Å². The summed E-state index contributed by atoms with van der Waals surface area (Å²) < 4.78 is 5.22. The van der Waals surface area contributed by atoms with Gasteiger partial charge in [0.15, 0.2) is 5.11 Å². The summed E-state index contributed by atoms with van der Waals surface area (Å²) in [6.45, 7) is 2.84. The number of likely N-dealkylation sites (tertiary alicyclic amines) is 2. The SMILES string of the molecule is COc1cccc(NC(=S)N[C@H]2CCCCN(CC(O)N3CCCC3)C2=O)c1. The van der Waals surface area contributed by atoms with Crippen LogP contribution in [0.25, 0.3) is 0 Å². The van der Waals surface area contributed by atoms with Gasteiger partial charge in [-0.1, -0.05) is 6.07 Å². The second-order valence-corrected chi connectivity index (χ2v) is 7.79. The Kier molecular flexibility index (Phi) is 7.47. The number of carbonyl (C=O) groups excluding carboxylic acids is 1. The van der Waals surface area contributed by atoms with E-state index in [4.69, 9.17) is 17.0 Å². The van der Waals surface area contributed by atoms with Crippen molar-refractivity contribution in [2.24, 2.45) is 0 Å². The number of hydrogen-bond donors (Lipinski definition) is 3. The van der Waals surface area contributed by atoms with Crippen LogP contribution in [0.2, 0.25) is 0 Å². The van der Waals surface area contributed by atoms with E-state index in [0.717, 1.165) is 56.6 Å². The van der Waals surface area contributed by atoms with Crippen molar-refractivity contribution in [2.45, 2.75) is 44.4 Å². The predicted molar refractivity (Wildman–Crippen MR) is 113 cm³/mol. The summed E-state index contributed by atoms with van der Waals surface area (Å²) in [6, 6.07) is 7.10. The van der Waals surface area contributed by atoms with Crippen LogP contribution >= 0.6 is 12.2 Å². The topological polar surface area (TPSA) is 77.1 Å². The Hall–Kier alpha value is -1.90. The lowest BCUT2D eigenvalue weighted by molar-refractivity contribution is -0.135. The molecule has 28 heavy (non-hydrogen) atoms. The molecule has 2 aliphatic rings. The second-order valence-electron chi connectivity index (χ2n) is 7.39. The van der Waals surface area contributed by atoms with E-state index >= 15 is 0 Å². The van der Waals surface area contributed by atoms with Gasteiger partial charge < -0.3 is 25.4 Å². The van der Waals surface area contributed by atoms with Gasteiger partial charge in [0.2, 0.25) is 5.91 Å². The molecule has 2 aliphatic heterocycles. The number of hydrogen-bond acceptors (Lipinski definition) is 5. The molecule has 2 saturated heterocycles. The van der Waals surface area contributed by atoms with E-state index < -0.39 is 6.23 Å². The molecule has 154 valence electrons. The summed E-state index contributed by atoms with van der Waals surface area (Å²) in [7, 11) is 1.62. The van der Waals surface area contributed by atoms with Crippen molar-refractivity contribution in [1.82, 2.24) is 15.1 Å². The van der Waals surface area contributed by atoms with E-state index in [1.165, 1.54) is 0 Å². The van der Waals surface area contributed by atoms with Gasteiger partial charge >= 0.3 is 0 Å². The van der Waals surface area contributed by atoms with Crippen molar-refractivity contribution in [3.63, 3.8) is 0 Å². The molecule has 7 nitrogen and oxygen atoms in total. The molecule has 3 N–H and O–H groups in total. The van der Waals surface area contributed by atoms with Gasteiger partial charge in [0, 0.05) is 31.4 Å². The normalized spacial score (nSPS) is 21.9. The fraction of sp³-hybridized carbons (Fsp3) is 0.600. The maximum absolute atomic E-state index is 13.0. The molecule has 1 aromatic carbocycles. The van der Waals surface area contributed by atoms with E-state index in [1.807, 2.05) is 24.3 Å². The maximum atomic E-state index is 13.0. The summed E-state index contributed by atoms with van der Waals surface area (Å²) >= 11 is 5.42. The lowest BCUT2D eigenvalue weighted by Gasteiger charge is -2.31. The average Bonchev–Trinajstić information content (AvgIpc) is 3.18. The van der Waals surface area contributed by atoms with Crippen molar-refractivity contribution in [3.8, 4) is 5.75 Å². The monoisotopic (exact) mass is 406 g/mol. The molecule has 2 atom stereocenters. The second kappa shape index (κ2) is 10.0. The number of benzene rings is 1. The molecule has 0 radical (unpaired) electrons. The number of aliphatic hydroxyl groups is 1. The Morgan fingerprint density at radius 3 is 2.79 bits per heavy atom. The van der Waals surface area contributed by atoms with Crippen molar-refractivity contribution in [2.75, 3.05) is 38.6 Å². The van der Waals surface area contributed by atoms with Gasteiger partial charge in [0.1, 0.15) is 18.0 Å². The zero-order valence-corrected chi connectivity index (χ0v) is 17.2. The highest BCUT2D eigenvalue weighted by molar-refractivity contribution is 7.80. The number of anilines is 1. The largest absolute Gasteiger partial charge is 0.497 e. The van der Waals surface area contributed by atoms with Crippen LogP contribution in [0, 0.1) is 0 Å². The van der Waals surface area contributed by atoms with Gasteiger partial charge in [-0.3, -0.25) is 9.69 Å². The van der Waals surface area contributed by atoms with Crippen LogP contribution in [-0.4, -0.2) is 71.5 Å². The minimum atomic E-state index is -0.591. The van der Waals surface area contributed by atoms with Gasteiger partial charge in [-0.05, 0) is 56.5 Å². The molecule has 2 fully saturated rings. The quantitative estimate of drug-likeness (QED) is 0.622. The molecule has 8 heteroatoms. The molecule has 3 rings (SSSR count). The van der Waals surface area contributed by atoms with Crippen molar-refractivity contribution < 1.29 is 14.6 Å². The highest BCUT2D eigenvalue weighted by atomic mass is 32.1. The summed E-state index contributed by atoms with van der Waals surface area (Å²) in [5, 5.41) is 17.2. The van der Waals surface area contributed by atoms with E-state index in [0.29, 0.717) is 18.2 Å². The zero-order chi connectivity index (χ0) is 19.9. The number of nitrogens with zero attached hydrogens (tertiary/aromatic N) is 2. The first kappa shape index (κ1) is 20.8. The molecule has 2 heterocycles. The van der Waals surface area contributed by atoms with Crippen LogP contribution in [0.1, 0.15) is 32.1 Å². The standard InChI is InChI=1S/C20H30N4O3S/c1-27-16-8-6-7-15(13-16)21-20(28)22-17-9-2-3-12-24(19(17)26)14-18(25)23-10-4-5-11-23/h6-8,13,17-18,25H,2-5,9-12,14H2,1H3,(H2,21,22,28)/t17-,18?/m0/s1. The van der Waals surface area contributed by atoms with E-state index in [2.05, 4.69) is 15.5 Å². The molecule has 0 bridgehead atoms. The average molecular weight is 407 g/mol. The number of amides is 1. The van der Waals surface area contributed by atoms with Crippen LogP contribution in [0.3, 0.4) is 0 Å².